The maximum absolute atomic E-state index is 12.1. The normalized spacial score (nSPS) is 17.8. The number of aliphatic hydroxyl groups excluding tert-OH is 2. The first-order valence-electron chi connectivity index (χ1n) is 5.97. The molecule has 0 bridgehead atoms. The van der Waals surface area contributed by atoms with Crippen LogP contribution in [0.2, 0.25) is 0 Å². The molecule has 0 aliphatic carbocycles. The van der Waals surface area contributed by atoms with Gasteiger partial charge in [-0.1, -0.05) is 0 Å². The van der Waals surface area contributed by atoms with E-state index in [1.807, 2.05) is 6.07 Å². The summed E-state index contributed by atoms with van der Waals surface area (Å²) in [7, 11) is 0. The van der Waals surface area contributed by atoms with Crippen molar-refractivity contribution in [3.63, 3.8) is 0 Å². The van der Waals surface area contributed by atoms with E-state index in [-0.39, 0.29) is 40.3 Å². The molecular formula is C13H16IN2O3-. The minimum atomic E-state index is -0.627. The molecule has 2 rings (SSSR count). The van der Waals surface area contributed by atoms with Crippen LogP contribution in [0.25, 0.3) is 4.08 Å². The molecular weight excluding hydrogens is 359 g/mol. The summed E-state index contributed by atoms with van der Waals surface area (Å²) in [6, 6.07) is 4.81. The number of alkyl halides is 1. The third-order valence-electron chi connectivity index (χ3n) is 2.78. The summed E-state index contributed by atoms with van der Waals surface area (Å²) >= 11 is -0.178. The zero-order valence-corrected chi connectivity index (χ0v) is 12.7. The van der Waals surface area contributed by atoms with E-state index in [4.69, 9.17) is 10.2 Å². The second-order valence-corrected chi connectivity index (χ2v) is 7.36. The molecule has 0 saturated heterocycles. The van der Waals surface area contributed by atoms with Gasteiger partial charge in [-0.25, -0.2) is 0 Å². The van der Waals surface area contributed by atoms with Crippen molar-refractivity contribution in [1.82, 2.24) is 5.32 Å². The number of halogens is 1. The first kappa shape index (κ1) is 14.4. The molecule has 0 aromatic heterocycles. The molecule has 0 saturated carbocycles. The molecule has 104 valence electrons. The van der Waals surface area contributed by atoms with Gasteiger partial charge in [0.05, 0.1) is 0 Å². The molecule has 6 heteroatoms. The van der Waals surface area contributed by atoms with Crippen molar-refractivity contribution in [2.24, 2.45) is 4.99 Å². The quantitative estimate of drug-likeness (QED) is 0.282. The number of carbonyl (C=O) groups is 1. The monoisotopic (exact) mass is 375 g/mol. The Morgan fingerprint density at radius 3 is 2.89 bits per heavy atom. The van der Waals surface area contributed by atoms with Gasteiger partial charge in [0.2, 0.25) is 0 Å². The zero-order valence-electron chi connectivity index (χ0n) is 10.5. The molecule has 0 fully saturated rings. The Kier molecular flexibility index (Phi) is 4.89. The van der Waals surface area contributed by atoms with Crippen molar-refractivity contribution >= 4 is 9.99 Å². The third-order valence-corrected chi connectivity index (χ3v) is 5.08. The summed E-state index contributed by atoms with van der Waals surface area (Å²) in [5.41, 5.74) is 0.555. The van der Waals surface area contributed by atoms with Crippen LogP contribution in [0.4, 0.5) is 0 Å². The van der Waals surface area contributed by atoms with E-state index in [0.29, 0.717) is 9.61 Å². The van der Waals surface area contributed by atoms with E-state index in [1.54, 1.807) is 12.1 Å². The Balaban J connectivity index is 2.35. The fourth-order valence-corrected chi connectivity index (χ4v) is 3.76. The first-order chi connectivity index (χ1) is 9.15. The minimum absolute atomic E-state index is 0.178. The van der Waals surface area contributed by atoms with Gasteiger partial charge in [-0.3, -0.25) is 0 Å². The number of carbonyl (C=O) groups excluding carboxylic acids is 1. The number of nitrogens with zero attached hydrogens (tertiary/aromatic N) is 1. The molecule has 1 atom stereocenters. The van der Waals surface area contributed by atoms with Crippen LogP contribution < -0.4 is 37.1 Å². The topological polar surface area (TPSA) is 81.9 Å². The fraction of sp³-hybridized carbons (Fsp3) is 0.385. The Bertz CT molecular complexity index is 584. The maximum atomic E-state index is 12.1. The summed E-state index contributed by atoms with van der Waals surface area (Å²) in [6.45, 7) is 1.51. The second kappa shape index (κ2) is 6.44. The third kappa shape index (κ3) is 3.31. The van der Waals surface area contributed by atoms with Crippen molar-refractivity contribution in [2.75, 3.05) is 13.2 Å². The predicted molar refractivity (Wildman–Crippen MR) is 66.6 cm³/mol. The van der Waals surface area contributed by atoms with E-state index in [2.05, 4.69) is 21.3 Å². The van der Waals surface area contributed by atoms with Gasteiger partial charge in [-0.15, -0.1) is 0 Å². The van der Waals surface area contributed by atoms with Crippen molar-refractivity contribution in [3.05, 3.63) is 34.3 Å². The molecule has 1 aliphatic heterocycles. The Morgan fingerprint density at radius 1 is 1.47 bits per heavy atom. The number of benzene rings is 1. The number of fused-ring (bicyclic) bond motifs is 1. The van der Waals surface area contributed by atoms with Crippen LogP contribution in [0.3, 0.4) is 0 Å². The molecule has 1 heterocycles. The summed E-state index contributed by atoms with van der Waals surface area (Å²) in [4.78, 5) is 16.7. The van der Waals surface area contributed by atoms with Gasteiger partial charge in [-0.2, -0.15) is 0 Å². The summed E-state index contributed by atoms with van der Waals surface area (Å²) in [6.07, 6.45) is 0. The molecule has 0 radical (unpaired) electrons. The summed E-state index contributed by atoms with van der Waals surface area (Å²) in [5, 5.41) is 22.3. The van der Waals surface area contributed by atoms with E-state index in [9.17, 15) is 4.79 Å². The second-order valence-electron chi connectivity index (χ2n) is 4.21. The van der Waals surface area contributed by atoms with Crippen molar-refractivity contribution in [1.29, 1.82) is 0 Å². The predicted octanol–water partition coefficient (Wildman–Crippen LogP) is -4.42. The van der Waals surface area contributed by atoms with Gasteiger partial charge in [-0.05, 0) is 0 Å². The van der Waals surface area contributed by atoms with E-state index >= 15 is 0 Å². The molecule has 1 unspecified atom stereocenters. The Hall–Kier alpha value is -0.990. The van der Waals surface area contributed by atoms with Gasteiger partial charge >= 0.3 is 121 Å². The van der Waals surface area contributed by atoms with Gasteiger partial charge in [0.25, 0.3) is 0 Å². The molecule has 1 aromatic carbocycles. The van der Waals surface area contributed by atoms with Crippen LogP contribution in [0.5, 0.6) is 0 Å². The number of hydrogen-bond donors (Lipinski definition) is 3. The van der Waals surface area contributed by atoms with Crippen LogP contribution in [0.15, 0.2) is 23.2 Å². The van der Waals surface area contributed by atoms with Gasteiger partial charge < -0.3 is 0 Å². The van der Waals surface area contributed by atoms with Crippen LogP contribution in [-0.2, 0) is 0 Å². The van der Waals surface area contributed by atoms with Crippen molar-refractivity contribution in [3.8, 4) is 0 Å². The number of aliphatic hydroxyl groups is 2. The standard InChI is InChI=1S/C13H16IN2O3/c1-8-14-5-11-10(3-2-4-12(11)15-8)13(19)16-9(6-17)7-18/h2-5,8-9,17-18H,6-7H2,1H3,(H,16,19)/q-1. The number of nitrogens with one attached hydrogen (secondary N) is 1. The van der Waals surface area contributed by atoms with Gasteiger partial charge in [0, 0.05) is 0 Å². The van der Waals surface area contributed by atoms with E-state index < -0.39 is 6.04 Å². The molecule has 0 spiro atoms. The molecule has 5 nitrogen and oxygen atoms in total. The van der Waals surface area contributed by atoms with Gasteiger partial charge in [0.15, 0.2) is 0 Å². The summed E-state index contributed by atoms with van der Waals surface area (Å²) < 4.78 is 2.46. The average Bonchev–Trinajstić information content (AvgIpc) is 2.43. The van der Waals surface area contributed by atoms with Crippen LogP contribution in [-0.4, -0.2) is 39.4 Å². The molecule has 1 amide bonds. The first-order valence-corrected chi connectivity index (χ1v) is 8.46. The summed E-state index contributed by atoms with van der Waals surface area (Å²) in [5.74, 6) is -0.282. The van der Waals surface area contributed by atoms with Crippen LogP contribution in [0.1, 0.15) is 17.3 Å². The van der Waals surface area contributed by atoms with E-state index in [1.165, 1.54) is 0 Å². The zero-order chi connectivity index (χ0) is 13.8. The molecule has 3 N–H and O–H groups in total. The fourth-order valence-electron chi connectivity index (χ4n) is 1.76. The number of hydrogen-bond acceptors (Lipinski definition) is 4. The molecule has 1 aliphatic rings. The van der Waals surface area contributed by atoms with Gasteiger partial charge in [0.1, 0.15) is 0 Å². The Labute approximate surface area is 121 Å². The van der Waals surface area contributed by atoms with Crippen molar-refractivity contribution < 1.29 is 36.2 Å². The molecule has 19 heavy (non-hydrogen) atoms. The molecule has 1 aromatic rings. The number of amides is 1. The van der Waals surface area contributed by atoms with E-state index in [0.717, 1.165) is 10.6 Å². The number of rotatable bonds is 4. The van der Waals surface area contributed by atoms with Crippen LogP contribution >= 0.6 is 0 Å². The average molecular weight is 375 g/mol. The van der Waals surface area contributed by atoms with Crippen LogP contribution in [0, 0.1) is 0 Å². The SMILES string of the molecule is CC1N=c2cccc(C(=O)NC(CO)CO)c2=C[I-]1. The van der Waals surface area contributed by atoms with Crippen molar-refractivity contribution in [2.45, 2.75) is 17.0 Å². The Morgan fingerprint density at radius 2 is 2.21 bits per heavy atom.